The van der Waals surface area contributed by atoms with E-state index >= 15 is 0 Å². The largest absolute Gasteiger partial charge is 0.481 e. The Morgan fingerprint density at radius 2 is 1.94 bits per heavy atom. The van der Waals surface area contributed by atoms with Crippen molar-refractivity contribution >= 4 is 23.6 Å². The molecule has 0 bridgehead atoms. The van der Waals surface area contributed by atoms with Crippen LogP contribution < -0.4 is 5.32 Å². The second-order valence-electron chi connectivity index (χ2n) is 3.48. The number of carboxylic acids is 1. The summed E-state index contributed by atoms with van der Waals surface area (Å²) in [7, 11) is 0. The molecule has 0 radical (unpaired) electrons. The third kappa shape index (κ3) is 4.91. The number of carboxylic acid groups (broad SMARTS) is 1. The van der Waals surface area contributed by atoms with E-state index in [2.05, 4.69) is 5.32 Å². The van der Waals surface area contributed by atoms with E-state index < -0.39 is 5.97 Å². The van der Waals surface area contributed by atoms with E-state index in [4.69, 9.17) is 5.11 Å². The summed E-state index contributed by atoms with van der Waals surface area (Å²) in [4.78, 5) is 23.0. The first kappa shape index (κ1) is 13.6. The van der Waals surface area contributed by atoms with Crippen LogP contribution in [-0.2, 0) is 4.79 Å². The number of thioether (sulfide) groups is 1. The summed E-state index contributed by atoms with van der Waals surface area (Å²) in [5, 5.41) is 11.1. The first-order chi connectivity index (χ1) is 8.13. The van der Waals surface area contributed by atoms with Crippen molar-refractivity contribution in [2.24, 2.45) is 0 Å². The monoisotopic (exact) mass is 253 g/mol. The molecule has 5 heteroatoms. The van der Waals surface area contributed by atoms with E-state index in [9.17, 15) is 9.59 Å². The lowest BCUT2D eigenvalue weighted by Gasteiger charge is -2.04. The number of aliphatic carboxylic acids is 1. The number of hydrogen-bond donors (Lipinski definition) is 2. The van der Waals surface area contributed by atoms with Crippen molar-refractivity contribution in [3.05, 3.63) is 29.8 Å². The Labute approximate surface area is 104 Å². The van der Waals surface area contributed by atoms with Crippen LogP contribution in [0.5, 0.6) is 0 Å². The normalized spacial score (nSPS) is 9.94. The van der Waals surface area contributed by atoms with Gasteiger partial charge < -0.3 is 10.4 Å². The van der Waals surface area contributed by atoms with Gasteiger partial charge in [0, 0.05) is 23.4 Å². The summed E-state index contributed by atoms with van der Waals surface area (Å²) in [5.41, 5.74) is 0.595. The summed E-state index contributed by atoms with van der Waals surface area (Å²) < 4.78 is 0. The Morgan fingerprint density at radius 1 is 1.29 bits per heavy atom. The van der Waals surface area contributed by atoms with Crippen molar-refractivity contribution in [3.63, 3.8) is 0 Å². The highest BCUT2D eigenvalue weighted by Gasteiger charge is 2.04. The Hall–Kier alpha value is -1.49. The van der Waals surface area contributed by atoms with Crippen LogP contribution in [0.1, 0.15) is 23.2 Å². The lowest BCUT2D eigenvalue weighted by atomic mass is 10.2. The fourth-order valence-electron chi connectivity index (χ4n) is 1.29. The Balaban J connectivity index is 2.38. The van der Waals surface area contributed by atoms with Gasteiger partial charge in [-0.1, -0.05) is 0 Å². The van der Waals surface area contributed by atoms with Crippen molar-refractivity contribution in [1.82, 2.24) is 5.32 Å². The Kier molecular flexibility index (Phi) is 5.56. The number of amides is 1. The average Bonchev–Trinajstić information content (AvgIpc) is 2.34. The molecule has 0 aliphatic carbocycles. The zero-order valence-electron chi connectivity index (χ0n) is 9.60. The van der Waals surface area contributed by atoms with E-state index in [-0.39, 0.29) is 12.3 Å². The highest BCUT2D eigenvalue weighted by molar-refractivity contribution is 7.98. The second-order valence-corrected chi connectivity index (χ2v) is 4.36. The molecular weight excluding hydrogens is 238 g/mol. The minimum atomic E-state index is -0.844. The van der Waals surface area contributed by atoms with Crippen molar-refractivity contribution in [3.8, 4) is 0 Å². The van der Waals surface area contributed by atoms with Gasteiger partial charge in [0.05, 0.1) is 0 Å². The molecule has 1 amide bonds. The number of carbonyl (C=O) groups excluding carboxylic acids is 1. The molecule has 0 aliphatic heterocycles. The molecule has 0 aromatic heterocycles. The van der Waals surface area contributed by atoms with Crippen LogP contribution in [0.3, 0.4) is 0 Å². The molecule has 0 aliphatic rings. The van der Waals surface area contributed by atoms with Crippen molar-refractivity contribution in [1.29, 1.82) is 0 Å². The third-order valence-corrected chi connectivity index (χ3v) is 2.95. The van der Waals surface area contributed by atoms with Gasteiger partial charge in [0.2, 0.25) is 0 Å². The smallest absolute Gasteiger partial charge is 0.303 e. The van der Waals surface area contributed by atoms with Crippen molar-refractivity contribution in [2.75, 3.05) is 12.8 Å². The van der Waals surface area contributed by atoms with Gasteiger partial charge in [-0.15, -0.1) is 11.8 Å². The standard InChI is InChI=1S/C12H15NO3S/c1-17-10-6-4-9(5-7-10)12(16)13-8-2-3-11(14)15/h4-7H,2-3,8H2,1H3,(H,13,16)(H,14,15). The molecular formula is C12H15NO3S. The SMILES string of the molecule is CSc1ccc(C(=O)NCCCC(=O)O)cc1. The molecule has 2 N–H and O–H groups in total. The summed E-state index contributed by atoms with van der Waals surface area (Å²) in [6.45, 7) is 0.384. The summed E-state index contributed by atoms with van der Waals surface area (Å²) >= 11 is 1.62. The summed E-state index contributed by atoms with van der Waals surface area (Å²) in [6, 6.07) is 7.30. The van der Waals surface area contributed by atoms with E-state index in [1.54, 1.807) is 23.9 Å². The van der Waals surface area contributed by atoms with Gasteiger partial charge in [0.15, 0.2) is 0 Å². The molecule has 17 heavy (non-hydrogen) atoms. The predicted octanol–water partition coefficient (Wildman–Crippen LogP) is 2.00. The van der Waals surface area contributed by atoms with Gasteiger partial charge in [-0.05, 0) is 36.9 Å². The van der Waals surface area contributed by atoms with Gasteiger partial charge in [0.25, 0.3) is 5.91 Å². The van der Waals surface area contributed by atoms with Crippen LogP contribution in [-0.4, -0.2) is 29.8 Å². The van der Waals surface area contributed by atoms with Gasteiger partial charge in [-0.3, -0.25) is 9.59 Å². The lowest BCUT2D eigenvalue weighted by molar-refractivity contribution is -0.137. The topological polar surface area (TPSA) is 66.4 Å². The first-order valence-corrected chi connectivity index (χ1v) is 6.50. The molecule has 0 saturated carbocycles. The van der Waals surface area contributed by atoms with Crippen LogP contribution >= 0.6 is 11.8 Å². The number of rotatable bonds is 6. The molecule has 0 atom stereocenters. The summed E-state index contributed by atoms with van der Waals surface area (Å²) in [6.07, 6.45) is 2.50. The maximum Gasteiger partial charge on any atom is 0.303 e. The molecule has 0 spiro atoms. The Morgan fingerprint density at radius 3 is 2.47 bits per heavy atom. The fourth-order valence-corrected chi connectivity index (χ4v) is 1.69. The number of benzene rings is 1. The van der Waals surface area contributed by atoms with Gasteiger partial charge in [0.1, 0.15) is 0 Å². The van der Waals surface area contributed by atoms with Gasteiger partial charge >= 0.3 is 5.97 Å². The quantitative estimate of drug-likeness (QED) is 0.601. The third-order valence-electron chi connectivity index (χ3n) is 2.21. The maximum atomic E-state index is 11.6. The Bertz CT molecular complexity index is 389. The molecule has 0 fully saturated rings. The van der Waals surface area contributed by atoms with E-state index in [1.165, 1.54) is 0 Å². The minimum absolute atomic E-state index is 0.0751. The zero-order valence-corrected chi connectivity index (χ0v) is 10.4. The van der Waals surface area contributed by atoms with E-state index in [0.717, 1.165) is 4.90 Å². The second kappa shape index (κ2) is 6.96. The van der Waals surface area contributed by atoms with E-state index in [1.807, 2.05) is 18.4 Å². The maximum absolute atomic E-state index is 11.6. The molecule has 0 heterocycles. The molecule has 1 rings (SSSR count). The number of hydrogen-bond acceptors (Lipinski definition) is 3. The highest BCUT2D eigenvalue weighted by atomic mass is 32.2. The lowest BCUT2D eigenvalue weighted by Crippen LogP contribution is -2.24. The van der Waals surface area contributed by atoms with Gasteiger partial charge in [-0.25, -0.2) is 0 Å². The van der Waals surface area contributed by atoms with Crippen molar-refractivity contribution in [2.45, 2.75) is 17.7 Å². The van der Waals surface area contributed by atoms with Gasteiger partial charge in [-0.2, -0.15) is 0 Å². The molecule has 1 aromatic rings. The number of carbonyl (C=O) groups is 2. The van der Waals surface area contributed by atoms with Crippen LogP contribution in [0.4, 0.5) is 0 Å². The highest BCUT2D eigenvalue weighted by Crippen LogP contribution is 2.14. The van der Waals surface area contributed by atoms with Crippen LogP contribution in [0, 0.1) is 0 Å². The molecule has 1 aromatic carbocycles. The molecule has 0 unspecified atom stereocenters. The predicted molar refractivity (Wildman–Crippen MR) is 67.4 cm³/mol. The van der Waals surface area contributed by atoms with E-state index in [0.29, 0.717) is 18.5 Å². The van der Waals surface area contributed by atoms with Crippen LogP contribution in [0.2, 0.25) is 0 Å². The van der Waals surface area contributed by atoms with Crippen LogP contribution in [0.25, 0.3) is 0 Å². The first-order valence-electron chi connectivity index (χ1n) is 5.27. The molecule has 92 valence electrons. The average molecular weight is 253 g/mol. The summed E-state index contributed by atoms with van der Waals surface area (Å²) in [5.74, 6) is -1.01. The molecule has 0 saturated heterocycles. The minimum Gasteiger partial charge on any atom is -0.481 e. The number of nitrogens with one attached hydrogen (secondary N) is 1. The van der Waals surface area contributed by atoms with Crippen molar-refractivity contribution < 1.29 is 14.7 Å². The fraction of sp³-hybridized carbons (Fsp3) is 0.333. The molecule has 4 nitrogen and oxygen atoms in total. The van der Waals surface area contributed by atoms with Crippen LogP contribution in [0.15, 0.2) is 29.2 Å². The zero-order chi connectivity index (χ0) is 12.7.